The minimum atomic E-state index is 0.0335. The van der Waals surface area contributed by atoms with E-state index in [1.54, 1.807) is 4.90 Å². The van der Waals surface area contributed by atoms with E-state index in [1.807, 2.05) is 18.9 Å². The monoisotopic (exact) mass is 269 g/mol. The highest BCUT2D eigenvalue weighted by Crippen LogP contribution is 2.12. The van der Waals surface area contributed by atoms with E-state index in [9.17, 15) is 4.79 Å². The second-order valence-corrected chi connectivity index (χ2v) is 5.08. The Hall–Kier alpha value is -1.30. The lowest BCUT2D eigenvalue weighted by Gasteiger charge is -2.39. The average molecular weight is 269 g/mol. The third-order valence-corrected chi connectivity index (χ3v) is 3.75. The minimum Gasteiger partial charge on any atom is -0.386 e. The topological polar surface area (TPSA) is 76.7 Å². The van der Waals surface area contributed by atoms with Crippen LogP contribution in [0.4, 0.5) is 4.79 Å². The van der Waals surface area contributed by atoms with Gasteiger partial charge in [-0.25, -0.2) is 4.79 Å². The van der Waals surface area contributed by atoms with Crippen LogP contribution in [-0.4, -0.2) is 72.4 Å². The SMILES string of the molecule is CCCC(C(=N)N)N1CCN(C(=O)N(C)CC)CC1. The van der Waals surface area contributed by atoms with Gasteiger partial charge in [0.15, 0.2) is 0 Å². The van der Waals surface area contributed by atoms with Gasteiger partial charge in [-0.3, -0.25) is 10.3 Å². The van der Waals surface area contributed by atoms with E-state index in [2.05, 4.69) is 11.8 Å². The third-order valence-electron chi connectivity index (χ3n) is 3.75. The molecular weight excluding hydrogens is 242 g/mol. The number of rotatable bonds is 5. The Bertz CT molecular complexity index is 312. The van der Waals surface area contributed by atoms with E-state index in [1.165, 1.54) is 0 Å². The summed E-state index contributed by atoms with van der Waals surface area (Å²) in [5, 5.41) is 7.67. The fraction of sp³-hybridized carbons (Fsp3) is 0.846. The predicted molar refractivity (Wildman–Crippen MR) is 77.5 cm³/mol. The molecule has 1 unspecified atom stereocenters. The van der Waals surface area contributed by atoms with Crippen molar-refractivity contribution >= 4 is 11.9 Å². The van der Waals surface area contributed by atoms with Crippen molar-refractivity contribution in [2.24, 2.45) is 5.73 Å². The van der Waals surface area contributed by atoms with Gasteiger partial charge in [0.1, 0.15) is 5.84 Å². The summed E-state index contributed by atoms with van der Waals surface area (Å²) in [4.78, 5) is 17.9. The summed E-state index contributed by atoms with van der Waals surface area (Å²) in [6.07, 6.45) is 1.93. The summed E-state index contributed by atoms with van der Waals surface area (Å²) >= 11 is 0. The Balaban J connectivity index is 2.52. The van der Waals surface area contributed by atoms with E-state index >= 15 is 0 Å². The van der Waals surface area contributed by atoms with E-state index in [0.29, 0.717) is 0 Å². The maximum Gasteiger partial charge on any atom is 0.319 e. The number of amidine groups is 1. The molecule has 1 fully saturated rings. The Labute approximate surface area is 116 Å². The lowest BCUT2D eigenvalue weighted by Crippen LogP contribution is -2.56. The first kappa shape index (κ1) is 15.8. The number of carbonyl (C=O) groups is 1. The first-order valence-electron chi connectivity index (χ1n) is 7.09. The summed E-state index contributed by atoms with van der Waals surface area (Å²) in [6.45, 7) is 7.84. The molecule has 0 aromatic rings. The smallest absolute Gasteiger partial charge is 0.319 e. The van der Waals surface area contributed by atoms with Crippen LogP contribution in [0.15, 0.2) is 0 Å². The molecule has 2 amide bonds. The standard InChI is InChI=1S/C13H27N5O/c1-4-6-11(12(14)15)17-7-9-18(10-8-17)13(19)16(3)5-2/h11H,4-10H2,1-3H3,(H3,14,15). The van der Waals surface area contributed by atoms with Crippen molar-refractivity contribution in [2.45, 2.75) is 32.7 Å². The van der Waals surface area contributed by atoms with E-state index in [4.69, 9.17) is 11.1 Å². The van der Waals surface area contributed by atoms with Crippen molar-refractivity contribution in [3.05, 3.63) is 0 Å². The average Bonchev–Trinajstić information content (AvgIpc) is 2.43. The van der Waals surface area contributed by atoms with Gasteiger partial charge in [-0.2, -0.15) is 0 Å². The Morgan fingerprint density at radius 3 is 2.32 bits per heavy atom. The number of nitrogens with two attached hydrogens (primary N) is 1. The second kappa shape index (κ2) is 7.33. The number of hydrogen-bond donors (Lipinski definition) is 2. The number of amides is 2. The lowest BCUT2D eigenvalue weighted by atomic mass is 10.1. The molecule has 6 heteroatoms. The van der Waals surface area contributed by atoms with Crippen molar-refractivity contribution in [2.75, 3.05) is 39.8 Å². The number of piperazine rings is 1. The van der Waals surface area contributed by atoms with Gasteiger partial charge in [0.05, 0.1) is 6.04 Å². The van der Waals surface area contributed by atoms with Crippen LogP contribution in [0.3, 0.4) is 0 Å². The summed E-state index contributed by atoms with van der Waals surface area (Å²) < 4.78 is 0. The van der Waals surface area contributed by atoms with Gasteiger partial charge >= 0.3 is 6.03 Å². The molecule has 19 heavy (non-hydrogen) atoms. The fourth-order valence-electron chi connectivity index (χ4n) is 2.41. The van der Waals surface area contributed by atoms with Gasteiger partial charge < -0.3 is 15.5 Å². The maximum atomic E-state index is 12.0. The summed E-state index contributed by atoms with van der Waals surface area (Å²) in [5.41, 5.74) is 5.67. The van der Waals surface area contributed by atoms with Crippen LogP contribution in [0.1, 0.15) is 26.7 Å². The quantitative estimate of drug-likeness (QED) is 0.572. The van der Waals surface area contributed by atoms with Gasteiger partial charge in [0, 0.05) is 39.8 Å². The van der Waals surface area contributed by atoms with Crippen LogP contribution in [0.2, 0.25) is 0 Å². The Kier molecular flexibility index (Phi) is 6.08. The molecule has 1 aliphatic heterocycles. The molecule has 1 saturated heterocycles. The van der Waals surface area contributed by atoms with Crippen LogP contribution < -0.4 is 5.73 Å². The van der Waals surface area contributed by atoms with Crippen LogP contribution in [0, 0.1) is 5.41 Å². The van der Waals surface area contributed by atoms with Crippen molar-refractivity contribution < 1.29 is 4.79 Å². The molecule has 1 heterocycles. The summed E-state index contributed by atoms with van der Waals surface area (Å²) in [7, 11) is 1.82. The highest BCUT2D eigenvalue weighted by molar-refractivity contribution is 5.82. The number of hydrogen-bond acceptors (Lipinski definition) is 3. The van der Waals surface area contributed by atoms with Crippen molar-refractivity contribution in [3.8, 4) is 0 Å². The molecule has 110 valence electrons. The largest absolute Gasteiger partial charge is 0.386 e. The molecule has 1 aliphatic rings. The molecule has 0 spiro atoms. The molecule has 0 saturated carbocycles. The molecule has 0 aromatic heterocycles. The van der Waals surface area contributed by atoms with E-state index in [0.717, 1.165) is 45.6 Å². The van der Waals surface area contributed by atoms with Gasteiger partial charge in [-0.15, -0.1) is 0 Å². The highest BCUT2D eigenvalue weighted by Gasteiger charge is 2.27. The Morgan fingerprint density at radius 2 is 1.89 bits per heavy atom. The molecular formula is C13H27N5O. The molecule has 0 radical (unpaired) electrons. The van der Waals surface area contributed by atoms with Crippen LogP contribution in [-0.2, 0) is 0 Å². The van der Waals surface area contributed by atoms with Crippen molar-refractivity contribution in [1.29, 1.82) is 5.41 Å². The molecule has 6 nitrogen and oxygen atoms in total. The van der Waals surface area contributed by atoms with Crippen molar-refractivity contribution in [1.82, 2.24) is 14.7 Å². The summed E-state index contributed by atoms with van der Waals surface area (Å²) in [5.74, 6) is 0.243. The van der Waals surface area contributed by atoms with E-state index in [-0.39, 0.29) is 17.9 Å². The molecule has 3 N–H and O–H groups in total. The van der Waals surface area contributed by atoms with E-state index < -0.39 is 0 Å². The molecule has 1 rings (SSSR count). The van der Waals surface area contributed by atoms with Gasteiger partial charge in [-0.05, 0) is 13.3 Å². The molecule has 1 atom stereocenters. The summed E-state index contributed by atoms with van der Waals surface area (Å²) in [6, 6.07) is 0.128. The number of nitrogens with one attached hydrogen (secondary N) is 1. The normalized spacial score (nSPS) is 18.2. The highest BCUT2D eigenvalue weighted by atomic mass is 16.2. The predicted octanol–water partition coefficient (Wildman–Crippen LogP) is 0.780. The van der Waals surface area contributed by atoms with Gasteiger partial charge in [-0.1, -0.05) is 13.3 Å². The van der Waals surface area contributed by atoms with Crippen molar-refractivity contribution in [3.63, 3.8) is 0 Å². The van der Waals surface area contributed by atoms with Gasteiger partial charge in [0.25, 0.3) is 0 Å². The lowest BCUT2D eigenvalue weighted by molar-refractivity contribution is 0.108. The molecule has 0 aromatic carbocycles. The maximum absolute atomic E-state index is 12.0. The number of nitrogens with zero attached hydrogens (tertiary/aromatic N) is 3. The van der Waals surface area contributed by atoms with Gasteiger partial charge in [0.2, 0.25) is 0 Å². The zero-order valence-corrected chi connectivity index (χ0v) is 12.4. The first-order chi connectivity index (χ1) is 9.01. The molecule has 0 aliphatic carbocycles. The first-order valence-corrected chi connectivity index (χ1v) is 7.09. The Morgan fingerprint density at radius 1 is 1.32 bits per heavy atom. The zero-order chi connectivity index (χ0) is 14.4. The van der Waals surface area contributed by atoms with Crippen LogP contribution in [0.5, 0.6) is 0 Å². The fourth-order valence-corrected chi connectivity index (χ4v) is 2.41. The third kappa shape index (κ3) is 4.09. The van der Waals surface area contributed by atoms with Crippen LogP contribution in [0.25, 0.3) is 0 Å². The second-order valence-electron chi connectivity index (χ2n) is 5.08. The minimum absolute atomic E-state index is 0.0335. The zero-order valence-electron chi connectivity index (χ0n) is 12.4. The van der Waals surface area contributed by atoms with Crippen LogP contribution >= 0.6 is 0 Å². The number of carbonyl (C=O) groups excluding carboxylic acids is 1. The number of urea groups is 1. The molecule has 0 bridgehead atoms.